The molecule has 0 aromatic carbocycles. The van der Waals surface area contributed by atoms with E-state index in [1.165, 1.54) is 0 Å². The summed E-state index contributed by atoms with van der Waals surface area (Å²) in [7, 11) is 0. The Hall–Kier alpha value is -0.240. The zero-order valence-electron chi connectivity index (χ0n) is 9.87. The molecule has 0 amide bonds. The highest BCUT2D eigenvalue weighted by Crippen LogP contribution is 2.43. The first-order chi connectivity index (χ1) is 8.11. The summed E-state index contributed by atoms with van der Waals surface area (Å²) in [6.45, 7) is 4.55. The van der Waals surface area contributed by atoms with E-state index in [1.54, 1.807) is 0 Å². The summed E-state index contributed by atoms with van der Waals surface area (Å²) in [5.41, 5.74) is 5.34. The molecular formula is C10H17N3O2S2. The zero-order chi connectivity index (χ0) is 12.4. The normalized spacial score (nSPS) is 31.4. The largest absolute Gasteiger partial charge is 0.382 e. The monoisotopic (exact) mass is 275 g/mol. The molecule has 5 nitrogen and oxygen atoms in total. The molecule has 3 unspecified atom stereocenters. The van der Waals surface area contributed by atoms with Crippen LogP contribution in [0.5, 0.6) is 0 Å². The van der Waals surface area contributed by atoms with Crippen molar-refractivity contribution in [2.45, 2.75) is 35.7 Å². The van der Waals surface area contributed by atoms with Gasteiger partial charge in [0.15, 0.2) is 5.82 Å². The van der Waals surface area contributed by atoms with Gasteiger partial charge in [-0.2, -0.15) is 16.7 Å². The van der Waals surface area contributed by atoms with Crippen molar-refractivity contribution >= 4 is 23.5 Å². The number of aromatic nitrogens is 2. The third kappa shape index (κ3) is 2.96. The van der Waals surface area contributed by atoms with Crippen LogP contribution in [0.1, 0.15) is 36.9 Å². The Bertz CT molecular complexity index is 374. The molecule has 0 aliphatic carbocycles. The van der Waals surface area contributed by atoms with E-state index in [0.29, 0.717) is 16.3 Å². The Morgan fingerprint density at radius 1 is 1.53 bits per heavy atom. The molecule has 0 radical (unpaired) electrons. The fourth-order valence-corrected chi connectivity index (χ4v) is 4.37. The van der Waals surface area contributed by atoms with Crippen molar-refractivity contribution in [3.05, 3.63) is 11.7 Å². The maximum atomic E-state index is 9.50. The summed E-state index contributed by atoms with van der Waals surface area (Å²) in [6, 6.07) is 0. The Morgan fingerprint density at radius 2 is 2.29 bits per heavy atom. The fraction of sp³-hybridized carbons (Fsp3) is 0.800. The van der Waals surface area contributed by atoms with Gasteiger partial charge in [0.05, 0.1) is 5.25 Å². The number of thioether (sulfide) groups is 2. The number of hydrogen-bond acceptors (Lipinski definition) is 7. The van der Waals surface area contributed by atoms with Crippen LogP contribution in [0.2, 0.25) is 0 Å². The molecule has 1 saturated heterocycles. The summed E-state index contributed by atoms with van der Waals surface area (Å²) in [4.78, 5) is 4.22. The topological polar surface area (TPSA) is 85.2 Å². The van der Waals surface area contributed by atoms with Crippen molar-refractivity contribution in [3.8, 4) is 0 Å². The average molecular weight is 275 g/mol. The van der Waals surface area contributed by atoms with Gasteiger partial charge in [0, 0.05) is 22.8 Å². The van der Waals surface area contributed by atoms with E-state index in [-0.39, 0.29) is 17.7 Å². The predicted octanol–water partition coefficient (Wildman–Crippen LogP) is 1.36. The van der Waals surface area contributed by atoms with Gasteiger partial charge in [-0.15, -0.1) is 11.8 Å². The van der Waals surface area contributed by atoms with Crippen LogP contribution in [-0.2, 0) is 0 Å². The fourth-order valence-electron chi connectivity index (χ4n) is 1.53. The molecule has 1 aromatic heterocycles. The quantitative estimate of drug-likeness (QED) is 0.861. The summed E-state index contributed by atoms with van der Waals surface area (Å²) in [5, 5.41) is 14.9. The van der Waals surface area contributed by atoms with Crippen LogP contribution in [0.4, 0.5) is 0 Å². The molecule has 2 heterocycles. The van der Waals surface area contributed by atoms with Crippen molar-refractivity contribution in [1.29, 1.82) is 0 Å². The minimum Gasteiger partial charge on any atom is -0.382 e. The average Bonchev–Trinajstić information content (AvgIpc) is 2.81. The van der Waals surface area contributed by atoms with Crippen LogP contribution in [0.25, 0.3) is 0 Å². The van der Waals surface area contributed by atoms with Crippen molar-refractivity contribution in [2.75, 3.05) is 12.3 Å². The number of nitrogens with zero attached hydrogens (tertiary/aromatic N) is 2. The van der Waals surface area contributed by atoms with E-state index in [2.05, 4.69) is 24.0 Å². The second kappa shape index (κ2) is 5.60. The van der Waals surface area contributed by atoms with E-state index in [9.17, 15) is 5.11 Å². The molecule has 3 N–H and O–H groups in total. The van der Waals surface area contributed by atoms with Crippen LogP contribution in [0.3, 0.4) is 0 Å². The third-order valence-corrected chi connectivity index (χ3v) is 6.19. The van der Waals surface area contributed by atoms with E-state index in [4.69, 9.17) is 10.3 Å². The molecule has 1 aliphatic rings. The molecule has 0 spiro atoms. The Labute approximate surface area is 109 Å². The molecule has 0 bridgehead atoms. The molecule has 4 atom stereocenters. The molecule has 17 heavy (non-hydrogen) atoms. The molecule has 96 valence electrons. The van der Waals surface area contributed by atoms with Gasteiger partial charge in [-0.25, -0.2) is 0 Å². The number of nitrogens with two attached hydrogens (primary N) is 1. The van der Waals surface area contributed by atoms with Gasteiger partial charge in [0.1, 0.15) is 6.10 Å². The van der Waals surface area contributed by atoms with Gasteiger partial charge >= 0.3 is 0 Å². The smallest absolute Gasteiger partial charge is 0.256 e. The van der Waals surface area contributed by atoms with Gasteiger partial charge in [0.25, 0.3) is 5.89 Å². The summed E-state index contributed by atoms with van der Waals surface area (Å²) >= 11 is 3.78. The summed E-state index contributed by atoms with van der Waals surface area (Å²) in [6.07, 6.45) is -0.853. The van der Waals surface area contributed by atoms with Crippen LogP contribution < -0.4 is 5.73 Å². The first-order valence-electron chi connectivity index (χ1n) is 5.60. The van der Waals surface area contributed by atoms with Crippen LogP contribution >= 0.6 is 23.5 Å². The lowest BCUT2D eigenvalue weighted by molar-refractivity contribution is 0.141. The Morgan fingerprint density at radius 3 is 2.94 bits per heavy atom. The van der Waals surface area contributed by atoms with E-state index >= 15 is 0 Å². The van der Waals surface area contributed by atoms with Gasteiger partial charge in [-0.1, -0.05) is 19.0 Å². The minimum absolute atomic E-state index is 0.0988. The maximum Gasteiger partial charge on any atom is 0.256 e. The second-order valence-corrected chi connectivity index (χ2v) is 7.11. The highest BCUT2D eigenvalue weighted by atomic mass is 32.2. The highest BCUT2D eigenvalue weighted by molar-refractivity contribution is 8.07. The van der Waals surface area contributed by atoms with Crippen LogP contribution in [-0.4, -0.2) is 38.0 Å². The number of aliphatic hydroxyl groups excluding tert-OH is 1. The molecule has 1 aromatic rings. The lowest BCUT2D eigenvalue weighted by atomic mass is 10.3. The minimum atomic E-state index is -0.853. The predicted molar refractivity (Wildman–Crippen MR) is 70.0 cm³/mol. The van der Waals surface area contributed by atoms with Crippen LogP contribution in [0, 0.1) is 0 Å². The van der Waals surface area contributed by atoms with Crippen LogP contribution in [0.15, 0.2) is 4.52 Å². The lowest BCUT2D eigenvalue weighted by Crippen LogP contribution is -2.22. The zero-order valence-corrected chi connectivity index (χ0v) is 11.5. The standard InChI is InChI=1S/C10H17N3O2S2/c1-5-6(2)17-8(4-16-5)9-12-10(15-13-9)7(14)3-11/h5-8,14H,3-4,11H2,1-2H3/t5?,6?,7-,8?/m0/s1. The number of aliphatic hydroxyl groups is 1. The molecule has 1 aliphatic heterocycles. The third-order valence-electron chi connectivity index (χ3n) is 2.80. The molecule has 7 heteroatoms. The first kappa shape index (κ1) is 13.2. The number of hydrogen-bond donors (Lipinski definition) is 2. The van der Waals surface area contributed by atoms with Gasteiger partial charge in [-0.05, 0) is 0 Å². The van der Waals surface area contributed by atoms with Crippen molar-refractivity contribution in [3.63, 3.8) is 0 Å². The maximum absolute atomic E-state index is 9.50. The van der Waals surface area contributed by atoms with Crippen molar-refractivity contribution in [1.82, 2.24) is 10.1 Å². The van der Waals surface area contributed by atoms with E-state index in [1.807, 2.05) is 23.5 Å². The second-order valence-electron chi connectivity index (χ2n) is 4.11. The molecule has 0 saturated carbocycles. The van der Waals surface area contributed by atoms with E-state index in [0.717, 1.165) is 5.75 Å². The SMILES string of the molecule is CC1SCC(c2noc([C@@H](O)CN)n2)SC1C. The van der Waals surface area contributed by atoms with Gasteiger partial charge < -0.3 is 15.4 Å². The molecule has 2 rings (SSSR count). The lowest BCUT2D eigenvalue weighted by Gasteiger charge is -2.29. The number of rotatable bonds is 3. The molecular weight excluding hydrogens is 258 g/mol. The van der Waals surface area contributed by atoms with Crippen molar-refractivity contribution in [2.24, 2.45) is 5.73 Å². The highest BCUT2D eigenvalue weighted by Gasteiger charge is 2.30. The Balaban J connectivity index is 2.05. The van der Waals surface area contributed by atoms with Gasteiger partial charge in [-0.3, -0.25) is 0 Å². The summed E-state index contributed by atoms with van der Waals surface area (Å²) < 4.78 is 5.02. The van der Waals surface area contributed by atoms with E-state index < -0.39 is 6.10 Å². The Kier molecular flexibility index (Phi) is 4.35. The first-order valence-corrected chi connectivity index (χ1v) is 7.59. The van der Waals surface area contributed by atoms with Gasteiger partial charge in [0.2, 0.25) is 0 Å². The molecule has 1 fully saturated rings. The van der Waals surface area contributed by atoms with Crippen molar-refractivity contribution < 1.29 is 9.63 Å². The summed E-state index contributed by atoms with van der Waals surface area (Å²) in [5.74, 6) is 1.87.